The third-order valence-corrected chi connectivity index (χ3v) is 7.65. The van der Waals surface area contributed by atoms with Crippen molar-refractivity contribution in [1.82, 2.24) is 0 Å². The van der Waals surface area contributed by atoms with Gasteiger partial charge in [-0.1, -0.05) is 33.3 Å². The van der Waals surface area contributed by atoms with Crippen LogP contribution in [0.5, 0.6) is 0 Å². The number of rotatable bonds is 1. The van der Waals surface area contributed by atoms with E-state index in [1.807, 2.05) is 0 Å². The van der Waals surface area contributed by atoms with Crippen molar-refractivity contribution in [3.05, 3.63) is 23.5 Å². The van der Waals surface area contributed by atoms with Gasteiger partial charge in [0, 0.05) is 24.5 Å². The minimum Gasteiger partial charge on any atom is -0.486 e. The molecule has 0 amide bonds. The summed E-state index contributed by atoms with van der Waals surface area (Å²) >= 11 is 0. The summed E-state index contributed by atoms with van der Waals surface area (Å²) in [6.07, 6.45) is 8.75. The lowest BCUT2D eigenvalue weighted by Gasteiger charge is -2.62. The quantitative estimate of drug-likeness (QED) is 0.654. The van der Waals surface area contributed by atoms with Crippen molar-refractivity contribution in [2.75, 3.05) is 0 Å². The highest BCUT2D eigenvalue weighted by atomic mass is 16.6. The van der Waals surface area contributed by atoms with Crippen LogP contribution in [0.4, 0.5) is 0 Å². The molecule has 0 bridgehead atoms. The highest BCUT2D eigenvalue weighted by Crippen LogP contribution is 2.64. The van der Waals surface area contributed by atoms with Crippen molar-refractivity contribution >= 4 is 11.8 Å². The molecule has 26 heavy (non-hydrogen) atoms. The van der Waals surface area contributed by atoms with Gasteiger partial charge in [0.25, 0.3) is 0 Å². The predicted molar refractivity (Wildman–Crippen MR) is 98.2 cm³/mol. The number of carbonyl (C=O) groups is 2. The summed E-state index contributed by atoms with van der Waals surface area (Å²) in [6.45, 7) is 10.8. The second kappa shape index (κ2) is 5.46. The summed E-state index contributed by atoms with van der Waals surface area (Å²) in [5.41, 5.74) is 0.931. The van der Waals surface area contributed by atoms with Gasteiger partial charge in [-0.2, -0.15) is 0 Å². The number of ether oxygens (including phenoxy) is 2. The summed E-state index contributed by atoms with van der Waals surface area (Å²) in [7, 11) is 0. The first-order valence-electron chi connectivity index (χ1n) is 9.91. The first kappa shape index (κ1) is 17.8. The molecule has 0 saturated heterocycles. The van der Waals surface area contributed by atoms with Crippen LogP contribution in [-0.2, 0) is 19.1 Å². The third-order valence-electron chi connectivity index (χ3n) is 7.65. The Balaban J connectivity index is 1.78. The second-order valence-corrected chi connectivity index (χ2v) is 9.85. The highest BCUT2D eigenvalue weighted by Gasteiger charge is 2.61. The molecule has 3 aliphatic carbocycles. The van der Waals surface area contributed by atoms with Crippen LogP contribution in [-0.4, -0.2) is 23.5 Å². The average Bonchev–Trinajstić information content (AvgIpc) is 2.78. The zero-order valence-electron chi connectivity index (χ0n) is 16.6. The molecule has 1 aliphatic heterocycles. The zero-order chi connectivity index (χ0) is 18.9. The largest absolute Gasteiger partial charge is 0.486 e. The van der Waals surface area contributed by atoms with Gasteiger partial charge < -0.3 is 9.47 Å². The zero-order valence-corrected chi connectivity index (χ0v) is 16.6. The Kier molecular flexibility index (Phi) is 3.74. The smallest absolute Gasteiger partial charge is 0.303 e. The van der Waals surface area contributed by atoms with Gasteiger partial charge in [0.1, 0.15) is 11.4 Å². The lowest BCUT2D eigenvalue weighted by molar-refractivity contribution is -0.164. The van der Waals surface area contributed by atoms with Crippen LogP contribution in [0.3, 0.4) is 0 Å². The Hall–Kier alpha value is -1.58. The Morgan fingerprint density at radius 1 is 1.19 bits per heavy atom. The fourth-order valence-electron chi connectivity index (χ4n) is 6.57. The van der Waals surface area contributed by atoms with E-state index in [2.05, 4.69) is 33.8 Å². The Morgan fingerprint density at radius 3 is 2.62 bits per heavy atom. The summed E-state index contributed by atoms with van der Waals surface area (Å²) in [6, 6.07) is 0. The maximum Gasteiger partial charge on any atom is 0.303 e. The van der Waals surface area contributed by atoms with Gasteiger partial charge in [0.2, 0.25) is 5.78 Å². The van der Waals surface area contributed by atoms with E-state index in [1.54, 1.807) is 0 Å². The molecule has 1 heterocycles. The van der Waals surface area contributed by atoms with Crippen LogP contribution in [0.1, 0.15) is 66.7 Å². The van der Waals surface area contributed by atoms with E-state index >= 15 is 0 Å². The molecular formula is C22H30O4. The molecule has 0 N–H and O–H groups in total. The Morgan fingerprint density at radius 2 is 1.92 bits per heavy atom. The molecule has 0 spiro atoms. The van der Waals surface area contributed by atoms with E-state index in [0.717, 1.165) is 18.4 Å². The highest BCUT2D eigenvalue weighted by molar-refractivity contribution is 6.02. The summed E-state index contributed by atoms with van der Waals surface area (Å²) in [4.78, 5) is 23.9. The first-order chi connectivity index (χ1) is 12.1. The molecule has 0 aromatic rings. The molecule has 4 heteroatoms. The van der Waals surface area contributed by atoms with E-state index in [-0.39, 0.29) is 22.7 Å². The van der Waals surface area contributed by atoms with Gasteiger partial charge in [-0.05, 0) is 49.4 Å². The van der Waals surface area contributed by atoms with Crippen molar-refractivity contribution in [2.45, 2.75) is 78.4 Å². The first-order valence-corrected chi connectivity index (χ1v) is 9.91. The molecule has 4 nitrogen and oxygen atoms in total. The number of ketones is 1. The molecule has 4 aliphatic rings. The molecule has 0 radical (unpaired) electrons. The Bertz CT molecular complexity index is 730. The summed E-state index contributed by atoms with van der Waals surface area (Å²) in [5.74, 6) is 0.853. The normalized spacial score (nSPS) is 43.3. The van der Waals surface area contributed by atoms with Gasteiger partial charge in [-0.25, -0.2) is 0 Å². The van der Waals surface area contributed by atoms with Crippen LogP contribution < -0.4 is 0 Å². The molecule has 2 fully saturated rings. The molecule has 5 atom stereocenters. The lowest BCUT2D eigenvalue weighted by atomic mass is 9.45. The fourth-order valence-corrected chi connectivity index (χ4v) is 6.57. The van der Waals surface area contributed by atoms with E-state index in [9.17, 15) is 9.59 Å². The second-order valence-electron chi connectivity index (χ2n) is 9.85. The lowest BCUT2D eigenvalue weighted by Crippen LogP contribution is -2.59. The average molecular weight is 358 g/mol. The number of fused-ring (bicyclic) bond motifs is 4. The minimum absolute atomic E-state index is 0.139. The molecule has 1 unspecified atom stereocenters. The van der Waals surface area contributed by atoms with Gasteiger partial charge in [-0.3, -0.25) is 9.59 Å². The van der Waals surface area contributed by atoms with Crippen LogP contribution in [0.15, 0.2) is 23.5 Å². The Labute approximate surface area is 156 Å². The van der Waals surface area contributed by atoms with E-state index < -0.39 is 12.1 Å². The number of carbonyl (C=O) groups excluding carboxylic acids is 2. The van der Waals surface area contributed by atoms with Gasteiger partial charge in [-0.15, -0.1) is 0 Å². The minimum atomic E-state index is -0.826. The van der Waals surface area contributed by atoms with Crippen molar-refractivity contribution in [1.29, 1.82) is 0 Å². The van der Waals surface area contributed by atoms with Gasteiger partial charge in [0.05, 0.1) is 0 Å². The van der Waals surface area contributed by atoms with E-state index in [0.29, 0.717) is 17.1 Å². The maximum absolute atomic E-state index is 12.4. The molecule has 142 valence electrons. The monoisotopic (exact) mass is 358 g/mol. The third kappa shape index (κ3) is 2.40. The SMILES string of the molecule is CC(=O)OC1C(=O)C=C2O[C@@]3(C)CC[C@H]4C(C)(C)CCC[C@]4(C)[C@H]3C=C21. The molecular weight excluding hydrogens is 328 g/mol. The van der Waals surface area contributed by atoms with E-state index in [4.69, 9.17) is 9.47 Å². The van der Waals surface area contributed by atoms with Crippen LogP contribution in [0, 0.1) is 22.7 Å². The summed E-state index contributed by atoms with van der Waals surface area (Å²) < 4.78 is 11.8. The van der Waals surface area contributed by atoms with Crippen molar-refractivity contribution in [2.24, 2.45) is 22.7 Å². The molecule has 0 aromatic carbocycles. The van der Waals surface area contributed by atoms with Crippen molar-refractivity contribution in [3.63, 3.8) is 0 Å². The van der Waals surface area contributed by atoms with Crippen LogP contribution >= 0.6 is 0 Å². The fraction of sp³-hybridized carbons (Fsp3) is 0.727. The maximum atomic E-state index is 12.4. The van der Waals surface area contributed by atoms with Crippen molar-refractivity contribution < 1.29 is 19.1 Å². The molecule has 4 rings (SSSR count). The van der Waals surface area contributed by atoms with Crippen molar-refractivity contribution in [3.8, 4) is 0 Å². The van der Waals surface area contributed by atoms with Crippen LogP contribution in [0.25, 0.3) is 0 Å². The predicted octanol–water partition coefficient (Wildman–Crippen LogP) is 4.34. The topological polar surface area (TPSA) is 52.6 Å². The molecule has 2 saturated carbocycles. The van der Waals surface area contributed by atoms with Gasteiger partial charge in [0.15, 0.2) is 6.10 Å². The van der Waals surface area contributed by atoms with Crippen LogP contribution in [0.2, 0.25) is 0 Å². The molecule has 0 aromatic heterocycles. The van der Waals surface area contributed by atoms with Gasteiger partial charge >= 0.3 is 5.97 Å². The van der Waals surface area contributed by atoms with E-state index in [1.165, 1.54) is 32.3 Å². The summed E-state index contributed by atoms with van der Waals surface area (Å²) in [5, 5.41) is 0. The number of hydrogen-bond acceptors (Lipinski definition) is 4. The standard InChI is InChI=1S/C22H30O4/c1-13(23)25-19-14-11-18-21(4)9-6-8-20(2,3)17(21)7-10-22(18,5)26-16(14)12-15(19)24/h11-12,17-19H,6-10H2,1-5H3/t17-,18+,19?,21-,22-/m0/s1. The number of hydrogen-bond donors (Lipinski definition) is 0. The number of esters is 1.